The molecule has 0 radical (unpaired) electrons. The van der Waals surface area contributed by atoms with E-state index in [9.17, 15) is 4.79 Å². The van der Waals surface area contributed by atoms with Gasteiger partial charge in [0.2, 0.25) is 0 Å². The normalized spacial score (nSPS) is 11.3. The number of hydrogen-bond donors (Lipinski definition) is 2. The lowest BCUT2D eigenvalue weighted by Gasteiger charge is -2.29. The zero-order valence-corrected chi connectivity index (χ0v) is 10.7. The Hall–Kier alpha value is -1.55. The first-order valence-corrected chi connectivity index (χ1v) is 5.67. The van der Waals surface area contributed by atoms with Crippen molar-refractivity contribution in [1.82, 2.24) is 4.90 Å². The Bertz CT molecular complexity index is 384. The van der Waals surface area contributed by atoms with Gasteiger partial charge in [-0.15, -0.1) is 0 Å². The quantitative estimate of drug-likeness (QED) is 0.773. The highest BCUT2D eigenvalue weighted by molar-refractivity contribution is 5.94. The van der Waals surface area contributed by atoms with Gasteiger partial charge in [-0.05, 0) is 36.2 Å². The number of carbonyl (C=O) groups is 1. The Morgan fingerprint density at radius 1 is 1.29 bits per heavy atom. The predicted molar refractivity (Wildman–Crippen MR) is 70.7 cm³/mol. The van der Waals surface area contributed by atoms with E-state index in [2.05, 4.69) is 0 Å². The number of anilines is 1. The van der Waals surface area contributed by atoms with Crippen molar-refractivity contribution in [1.29, 1.82) is 0 Å². The molecule has 0 atom stereocenters. The third-order valence-corrected chi connectivity index (χ3v) is 2.72. The number of nitrogens with zero attached hydrogens (tertiary/aromatic N) is 1. The summed E-state index contributed by atoms with van der Waals surface area (Å²) in [5.74, 6) is -0.00785. The number of nitrogens with two attached hydrogens (primary N) is 2. The van der Waals surface area contributed by atoms with Gasteiger partial charge in [0, 0.05) is 24.8 Å². The van der Waals surface area contributed by atoms with Gasteiger partial charge in [-0.25, -0.2) is 0 Å². The zero-order chi connectivity index (χ0) is 13.1. The van der Waals surface area contributed by atoms with Crippen molar-refractivity contribution in [3.63, 3.8) is 0 Å². The smallest absolute Gasteiger partial charge is 0.253 e. The zero-order valence-electron chi connectivity index (χ0n) is 10.7. The van der Waals surface area contributed by atoms with Gasteiger partial charge < -0.3 is 16.4 Å². The molecule has 17 heavy (non-hydrogen) atoms. The first-order chi connectivity index (χ1) is 7.85. The van der Waals surface area contributed by atoms with Crippen molar-refractivity contribution >= 4 is 11.6 Å². The van der Waals surface area contributed by atoms with Gasteiger partial charge in [-0.2, -0.15) is 0 Å². The van der Waals surface area contributed by atoms with Gasteiger partial charge >= 0.3 is 0 Å². The van der Waals surface area contributed by atoms with Gasteiger partial charge in [0.1, 0.15) is 0 Å². The number of benzene rings is 1. The Morgan fingerprint density at radius 3 is 2.29 bits per heavy atom. The largest absolute Gasteiger partial charge is 0.399 e. The van der Waals surface area contributed by atoms with Crippen molar-refractivity contribution in [3.8, 4) is 0 Å². The minimum atomic E-state index is -0.0712. The molecule has 1 aromatic carbocycles. The van der Waals surface area contributed by atoms with Crippen LogP contribution in [-0.2, 0) is 0 Å². The van der Waals surface area contributed by atoms with E-state index in [1.807, 2.05) is 13.8 Å². The second kappa shape index (κ2) is 5.19. The van der Waals surface area contributed by atoms with Crippen molar-refractivity contribution in [3.05, 3.63) is 29.8 Å². The van der Waals surface area contributed by atoms with Crippen molar-refractivity contribution in [2.45, 2.75) is 13.8 Å². The topological polar surface area (TPSA) is 72.3 Å². The first-order valence-electron chi connectivity index (χ1n) is 5.67. The summed E-state index contributed by atoms with van der Waals surface area (Å²) in [6.07, 6.45) is 0. The molecule has 0 aliphatic heterocycles. The van der Waals surface area contributed by atoms with Gasteiger partial charge in [-0.1, -0.05) is 13.8 Å². The maximum Gasteiger partial charge on any atom is 0.253 e. The second-order valence-electron chi connectivity index (χ2n) is 5.15. The van der Waals surface area contributed by atoms with Crippen molar-refractivity contribution in [2.75, 3.05) is 25.9 Å². The van der Waals surface area contributed by atoms with E-state index in [1.165, 1.54) is 0 Å². The first kappa shape index (κ1) is 13.5. The molecular weight excluding hydrogens is 214 g/mol. The molecule has 0 spiro atoms. The van der Waals surface area contributed by atoms with Gasteiger partial charge in [-0.3, -0.25) is 4.79 Å². The van der Waals surface area contributed by atoms with E-state index in [-0.39, 0.29) is 11.3 Å². The highest BCUT2D eigenvalue weighted by Gasteiger charge is 2.21. The summed E-state index contributed by atoms with van der Waals surface area (Å²) in [5, 5.41) is 0. The summed E-state index contributed by atoms with van der Waals surface area (Å²) in [7, 11) is 1.79. The molecule has 0 unspecified atom stereocenters. The molecule has 1 amide bonds. The predicted octanol–water partition coefficient (Wildman–Crippen LogP) is 1.33. The molecule has 0 saturated carbocycles. The van der Waals surface area contributed by atoms with Crippen LogP contribution in [0.2, 0.25) is 0 Å². The Morgan fingerprint density at radius 2 is 1.82 bits per heavy atom. The summed E-state index contributed by atoms with van der Waals surface area (Å²) in [5.41, 5.74) is 12.5. The maximum absolute atomic E-state index is 12.1. The number of nitrogen functional groups attached to an aromatic ring is 1. The van der Waals surface area contributed by atoms with E-state index in [0.29, 0.717) is 24.3 Å². The van der Waals surface area contributed by atoms with Crippen LogP contribution in [0.5, 0.6) is 0 Å². The van der Waals surface area contributed by atoms with Crippen LogP contribution in [0, 0.1) is 5.41 Å². The number of hydrogen-bond acceptors (Lipinski definition) is 3. The van der Waals surface area contributed by atoms with Crippen molar-refractivity contribution in [2.24, 2.45) is 11.1 Å². The van der Waals surface area contributed by atoms with Crippen LogP contribution in [0.1, 0.15) is 24.2 Å². The van der Waals surface area contributed by atoms with Crippen LogP contribution in [0.25, 0.3) is 0 Å². The van der Waals surface area contributed by atoms with E-state index < -0.39 is 0 Å². The SMILES string of the molecule is CN(CC(C)(C)CN)C(=O)c1ccc(N)cc1. The standard InChI is InChI=1S/C13H21N3O/c1-13(2,8-14)9-16(3)12(17)10-4-6-11(15)7-5-10/h4-7H,8-9,14-15H2,1-3H3. The minimum Gasteiger partial charge on any atom is -0.399 e. The molecule has 0 fully saturated rings. The van der Waals surface area contributed by atoms with E-state index in [0.717, 1.165) is 0 Å². The lowest BCUT2D eigenvalue weighted by Crippen LogP contribution is -2.39. The number of carbonyl (C=O) groups excluding carboxylic acids is 1. The van der Waals surface area contributed by atoms with Crippen LogP contribution in [0.4, 0.5) is 5.69 Å². The molecule has 0 aromatic heterocycles. The molecule has 4 heteroatoms. The Kier molecular flexibility index (Phi) is 4.12. The fourth-order valence-corrected chi connectivity index (χ4v) is 1.62. The molecule has 1 aromatic rings. The van der Waals surface area contributed by atoms with Crippen LogP contribution in [-0.4, -0.2) is 30.9 Å². The molecule has 0 aliphatic rings. The van der Waals surface area contributed by atoms with Crippen LogP contribution >= 0.6 is 0 Å². The summed E-state index contributed by atoms with van der Waals surface area (Å²) in [6, 6.07) is 6.94. The molecule has 4 N–H and O–H groups in total. The minimum absolute atomic E-state index is 0.00785. The molecule has 4 nitrogen and oxygen atoms in total. The fourth-order valence-electron chi connectivity index (χ4n) is 1.62. The number of amides is 1. The van der Waals surface area contributed by atoms with E-state index >= 15 is 0 Å². The average Bonchev–Trinajstić information content (AvgIpc) is 2.28. The second-order valence-corrected chi connectivity index (χ2v) is 5.15. The van der Waals surface area contributed by atoms with E-state index in [1.54, 1.807) is 36.2 Å². The lowest BCUT2D eigenvalue weighted by molar-refractivity contribution is 0.0740. The summed E-state index contributed by atoms with van der Waals surface area (Å²) in [4.78, 5) is 13.8. The molecular formula is C13H21N3O. The number of rotatable bonds is 4. The molecule has 0 saturated heterocycles. The molecule has 1 rings (SSSR count). The summed E-state index contributed by atoms with van der Waals surface area (Å²) >= 11 is 0. The molecule has 94 valence electrons. The average molecular weight is 235 g/mol. The van der Waals surface area contributed by atoms with Crippen molar-refractivity contribution < 1.29 is 4.79 Å². The highest BCUT2D eigenvalue weighted by Crippen LogP contribution is 2.16. The van der Waals surface area contributed by atoms with Crippen LogP contribution in [0.15, 0.2) is 24.3 Å². The molecule has 0 bridgehead atoms. The molecule has 0 aliphatic carbocycles. The van der Waals surface area contributed by atoms with Gasteiger partial charge in [0.05, 0.1) is 0 Å². The lowest BCUT2D eigenvalue weighted by atomic mass is 9.93. The fraction of sp³-hybridized carbons (Fsp3) is 0.462. The Balaban J connectivity index is 2.73. The Labute approximate surface area is 103 Å². The summed E-state index contributed by atoms with van der Waals surface area (Å²) < 4.78 is 0. The van der Waals surface area contributed by atoms with Crippen LogP contribution in [0.3, 0.4) is 0 Å². The van der Waals surface area contributed by atoms with Crippen LogP contribution < -0.4 is 11.5 Å². The third kappa shape index (κ3) is 3.75. The maximum atomic E-state index is 12.1. The summed E-state index contributed by atoms with van der Waals surface area (Å²) in [6.45, 7) is 5.26. The van der Waals surface area contributed by atoms with E-state index in [4.69, 9.17) is 11.5 Å². The van der Waals surface area contributed by atoms with Gasteiger partial charge in [0.25, 0.3) is 5.91 Å². The molecule has 0 heterocycles. The monoisotopic (exact) mass is 235 g/mol. The van der Waals surface area contributed by atoms with Gasteiger partial charge in [0.15, 0.2) is 0 Å². The third-order valence-electron chi connectivity index (χ3n) is 2.72. The highest BCUT2D eigenvalue weighted by atomic mass is 16.2.